The molecule has 0 radical (unpaired) electrons. The lowest BCUT2D eigenvalue weighted by atomic mass is 10.1. The lowest BCUT2D eigenvalue weighted by molar-refractivity contribution is -0.274. The van der Waals surface area contributed by atoms with Gasteiger partial charge in [-0.2, -0.15) is 4.98 Å². The largest absolute Gasteiger partial charge is 0.573 e. The van der Waals surface area contributed by atoms with Gasteiger partial charge in [-0.1, -0.05) is 42.8 Å². The van der Waals surface area contributed by atoms with Gasteiger partial charge in [0.2, 0.25) is 5.95 Å². The molecule has 0 unspecified atom stereocenters. The molecule has 2 N–H and O–H groups in total. The minimum atomic E-state index is -4.77. The number of hydrogen-bond donors (Lipinski definition) is 2. The zero-order valence-corrected chi connectivity index (χ0v) is 17.8. The van der Waals surface area contributed by atoms with Crippen LogP contribution in [0.2, 0.25) is 5.02 Å². The minimum Gasteiger partial charge on any atom is -0.406 e. The summed E-state index contributed by atoms with van der Waals surface area (Å²) in [4.78, 5) is 8.97. The fourth-order valence-electron chi connectivity index (χ4n) is 2.72. The summed E-state index contributed by atoms with van der Waals surface area (Å²) in [6.07, 6.45) is -3.91. The SMILES string of the molecule is CC[C@@H](C)Nc1nc(NCc2ccc(Cl)cc2)cc(-c2cccc(OC(F)(F)F)c2)n1. The topological polar surface area (TPSA) is 59.1 Å². The summed E-state index contributed by atoms with van der Waals surface area (Å²) in [6, 6.07) is 14.9. The van der Waals surface area contributed by atoms with Crippen molar-refractivity contribution in [3.63, 3.8) is 0 Å². The fourth-order valence-corrected chi connectivity index (χ4v) is 2.85. The zero-order chi connectivity index (χ0) is 22.4. The summed E-state index contributed by atoms with van der Waals surface area (Å²) >= 11 is 5.92. The highest BCUT2D eigenvalue weighted by Crippen LogP contribution is 2.29. The van der Waals surface area contributed by atoms with E-state index in [0.717, 1.165) is 12.0 Å². The summed E-state index contributed by atoms with van der Waals surface area (Å²) in [5.41, 5.74) is 1.94. The fraction of sp³-hybridized carbons (Fsp3) is 0.273. The number of benzene rings is 2. The first kappa shape index (κ1) is 22.7. The Kier molecular flexibility index (Phi) is 7.22. The molecule has 5 nitrogen and oxygen atoms in total. The van der Waals surface area contributed by atoms with E-state index in [1.807, 2.05) is 26.0 Å². The van der Waals surface area contributed by atoms with Crippen molar-refractivity contribution in [1.29, 1.82) is 0 Å². The number of anilines is 2. The predicted molar refractivity (Wildman–Crippen MR) is 116 cm³/mol. The lowest BCUT2D eigenvalue weighted by Gasteiger charge is -2.15. The first-order chi connectivity index (χ1) is 14.7. The van der Waals surface area contributed by atoms with Crippen molar-refractivity contribution in [2.24, 2.45) is 0 Å². The van der Waals surface area contributed by atoms with Crippen molar-refractivity contribution >= 4 is 23.4 Å². The second kappa shape index (κ2) is 9.87. The summed E-state index contributed by atoms with van der Waals surface area (Å²) in [5, 5.41) is 7.09. The van der Waals surface area contributed by atoms with Crippen LogP contribution in [-0.2, 0) is 6.54 Å². The lowest BCUT2D eigenvalue weighted by Crippen LogP contribution is -2.17. The van der Waals surface area contributed by atoms with E-state index >= 15 is 0 Å². The summed E-state index contributed by atoms with van der Waals surface area (Å²) in [5.74, 6) is 0.608. The van der Waals surface area contributed by atoms with Crippen molar-refractivity contribution in [2.45, 2.75) is 39.2 Å². The number of alkyl halides is 3. The van der Waals surface area contributed by atoms with E-state index in [-0.39, 0.29) is 11.8 Å². The molecule has 0 fully saturated rings. The molecule has 0 saturated heterocycles. The minimum absolute atomic E-state index is 0.124. The molecule has 1 heterocycles. The van der Waals surface area contributed by atoms with Gasteiger partial charge in [-0.3, -0.25) is 0 Å². The van der Waals surface area contributed by atoms with Crippen LogP contribution in [0.3, 0.4) is 0 Å². The van der Waals surface area contributed by atoms with Crippen LogP contribution in [0.4, 0.5) is 24.9 Å². The van der Waals surface area contributed by atoms with Crippen LogP contribution in [0.1, 0.15) is 25.8 Å². The van der Waals surface area contributed by atoms with E-state index < -0.39 is 6.36 Å². The first-order valence-corrected chi connectivity index (χ1v) is 10.1. The van der Waals surface area contributed by atoms with Crippen molar-refractivity contribution in [3.05, 3.63) is 65.2 Å². The average Bonchev–Trinajstić information content (AvgIpc) is 2.72. The van der Waals surface area contributed by atoms with Gasteiger partial charge in [0.15, 0.2) is 0 Å². The first-order valence-electron chi connectivity index (χ1n) is 9.72. The summed E-state index contributed by atoms with van der Waals surface area (Å²) in [6.45, 7) is 4.52. The van der Waals surface area contributed by atoms with E-state index in [9.17, 15) is 13.2 Å². The molecule has 0 spiro atoms. The number of hydrogen-bond acceptors (Lipinski definition) is 5. The Morgan fingerprint density at radius 3 is 2.48 bits per heavy atom. The standard InChI is InChI=1S/C22H22ClF3N4O/c1-3-14(2)28-21-29-19(16-5-4-6-18(11-16)31-22(24,25)26)12-20(30-21)27-13-15-7-9-17(23)10-8-15/h4-12,14H,3,13H2,1-2H3,(H2,27,28,29,30)/t14-/m1/s1. The molecule has 9 heteroatoms. The Balaban J connectivity index is 1.89. The molecular weight excluding hydrogens is 429 g/mol. The van der Waals surface area contributed by atoms with Gasteiger partial charge in [0, 0.05) is 29.2 Å². The molecule has 0 amide bonds. The van der Waals surface area contributed by atoms with Gasteiger partial charge in [0.05, 0.1) is 5.69 Å². The number of halogens is 4. The molecular formula is C22H22ClF3N4O. The Morgan fingerprint density at radius 1 is 1.06 bits per heavy atom. The highest BCUT2D eigenvalue weighted by atomic mass is 35.5. The maximum Gasteiger partial charge on any atom is 0.573 e. The average molecular weight is 451 g/mol. The monoisotopic (exact) mass is 450 g/mol. The summed E-state index contributed by atoms with van der Waals surface area (Å²) < 4.78 is 41.8. The smallest absolute Gasteiger partial charge is 0.406 e. The van der Waals surface area contributed by atoms with E-state index in [4.69, 9.17) is 11.6 Å². The van der Waals surface area contributed by atoms with Gasteiger partial charge in [-0.25, -0.2) is 4.98 Å². The normalized spacial score (nSPS) is 12.3. The Morgan fingerprint density at radius 2 is 1.81 bits per heavy atom. The van der Waals surface area contributed by atoms with Gasteiger partial charge >= 0.3 is 6.36 Å². The van der Waals surface area contributed by atoms with E-state index in [1.54, 1.807) is 24.3 Å². The van der Waals surface area contributed by atoms with Crippen LogP contribution < -0.4 is 15.4 Å². The molecule has 1 aromatic heterocycles. The quantitative estimate of drug-likeness (QED) is 0.409. The third-order valence-electron chi connectivity index (χ3n) is 4.46. The molecule has 2 aromatic carbocycles. The highest BCUT2D eigenvalue weighted by molar-refractivity contribution is 6.30. The molecule has 31 heavy (non-hydrogen) atoms. The third-order valence-corrected chi connectivity index (χ3v) is 4.72. The number of ether oxygens (including phenoxy) is 1. The zero-order valence-electron chi connectivity index (χ0n) is 17.0. The molecule has 3 rings (SSSR count). The molecule has 0 bridgehead atoms. The van der Waals surface area contributed by atoms with Crippen molar-refractivity contribution in [3.8, 4) is 17.0 Å². The summed E-state index contributed by atoms with van der Waals surface area (Å²) in [7, 11) is 0. The number of nitrogens with one attached hydrogen (secondary N) is 2. The molecule has 164 valence electrons. The van der Waals surface area contributed by atoms with E-state index in [0.29, 0.717) is 34.6 Å². The highest BCUT2D eigenvalue weighted by Gasteiger charge is 2.31. The van der Waals surface area contributed by atoms with E-state index in [2.05, 4.69) is 25.3 Å². The second-order valence-electron chi connectivity index (χ2n) is 6.97. The Labute approximate surface area is 183 Å². The number of rotatable bonds is 8. The third kappa shape index (κ3) is 7.03. The molecule has 0 aliphatic heterocycles. The van der Waals surface area contributed by atoms with Gasteiger partial charge < -0.3 is 15.4 Å². The van der Waals surface area contributed by atoms with Crippen LogP contribution in [0.5, 0.6) is 5.75 Å². The van der Waals surface area contributed by atoms with Gasteiger partial charge in [0.1, 0.15) is 11.6 Å². The molecule has 0 aliphatic rings. The molecule has 0 saturated carbocycles. The van der Waals surface area contributed by atoms with Crippen LogP contribution in [0.15, 0.2) is 54.6 Å². The van der Waals surface area contributed by atoms with Crippen molar-refractivity contribution in [2.75, 3.05) is 10.6 Å². The molecule has 0 aliphatic carbocycles. The predicted octanol–water partition coefficient (Wildman–Crippen LogP) is 6.52. The Hall–Kier alpha value is -3.00. The number of nitrogens with zero attached hydrogens (tertiary/aromatic N) is 2. The maximum absolute atomic E-state index is 12.6. The van der Waals surface area contributed by atoms with Crippen molar-refractivity contribution < 1.29 is 17.9 Å². The van der Waals surface area contributed by atoms with Crippen LogP contribution in [0, 0.1) is 0 Å². The van der Waals surface area contributed by atoms with Gasteiger partial charge in [-0.15, -0.1) is 13.2 Å². The molecule has 1 atom stereocenters. The van der Waals surface area contributed by atoms with Crippen LogP contribution in [-0.4, -0.2) is 22.4 Å². The second-order valence-corrected chi connectivity index (χ2v) is 7.41. The number of aromatic nitrogens is 2. The van der Waals surface area contributed by atoms with Gasteiger partial charge in [0.25, 0.3) is 0 Å². The van der Waals surface area contributed by atoms with E-state index in [1.165, 1.54) is 18.2 Å². The van der Waals surface area contributed by atoms with Crippen LogP contribution in [0.25, 0.3) is 11.3 Å². The van der Waals surface area contributed by atoms with Crippen LogP contribution >= 0.6 is 11.6 Å². The van der Waals surface area contributed by atoms with Gasteiger partial charge in [-0.05, 0) is 43.2 Å². The molecule has 3 aromatic rings. The maximum atomic E-state index is 12.6. The Bertz CT molecular complexity index is 1010. The van der Waals surface area contributed by atoms with Crippen molar-refractivity contribution in [1.82, 2.24) is 9.97 Å².